The summed E-state index contributed by atoms with van der Waals surface area (Å²) < 4.78 is 68.4. The van der Waals surface area contributed by atoms with E-state index in [9.17, 15) is 43.2 Å². The zero-order valence-corrected chi connectivity index (χ0v) is 65.7. The Bertz CT molecular complexity index is 1870. The lowest BCUT2D eigenvalue weighted by molar-refractivity contribution is -0.161. The van der Waals surface area contributed by atoms with E-state index in [1.807, 2.05) is 0 Å². The number of phosphoric ester groups is 2. The Hall–Kier alpha value is -1.94. The lowest BCUT2D eigenvalue weighted by Crippen LogP contribution is -2.30. The molecule has 0 saturated carbocycles. The van der Waals surface area contributed by atoms with E-state index in [4.69, 9.17) is 37.0 Å². The van der Waals surface area contributed by atoms with Crippen molar-refractivity contribution in [1.82, 2.24) is 0 Å². The Morgan fingerprint density at radius 3 is 0.694 bits per heavy atom. The Labute approximate surface area is 600 Å². The average molecular weight is 1440 g/mol. The van der Waals surface area contributed by atoms with Crippen LogP contribution in [-0.2, 0) is 65.4 Å². The summed E-state index contributed by atoms with van der Waals surface area (Å²) in [6.45, 7) is 7.24. The Kier molecular flexibility index (Phi) is 70.6. The van der Waals surface area contributed by atoms with Crippen molar-refractivity contribution in [3.05, 3.63) is 0 Å². The third-order valence-electron chi connectivity index (χ3n) is 18.5. The average Bonchev–Trinajstić information content (AvgIpc) is 1.94. The summed E-state index contributed by atoms with van der Waals surface area (Å²) in [7, 11) is -9.90. The van der Waals surface area contributed by atoms with Gasteiger partial charge in [-0.3, -0.25) is 37.3 Å². The molecule has 0 radical (unpaired) electrons. The van der Waals surface area contributed by atoms with Crippen molar-refractivity contribution in [3.8, 4) is 0 Å². The van der Waals surface area contributed by atoms with Crippen molar-refractivity contribution in [2.75, 3.05) is 39.6 Å². The second-order valence-corrected chi connectivity index (χ2v) is 31.8. The van der Waals surface area contributed by atoms with E-state index in [-0.39, 0.29) is 25.7 Å². The molecule has 19 heteroatoms. The second kappa shape index (κ2) is 72.0. The molecule has 0 aliphatic carbocycles. The summed E-state index contributed by atoms with van der Waals surface area (Å²) in [5.74, 6) is -1.33. The normalized spacial score (nSPS) is 13.9. The van der Waals surface area contributed by atoms with Crippen LogP contribution in [0.3, 0.4) is 0 Å². The van der Waals surface area contributed by atoms with Crippen molar-refractivity contribution < 1.29 is 80.2 Å². The monoisotopic (exact) mass is 1440 g/mol. The smallest absolute Gasteiger partial charge is 0.462 e. The fourth-order valence-electron chi connectivity index (χ4n) is 12.2. The van der Waals surface area contributed by atoms with Crippen LogP contribution < -0.4 is 0 Å². The van der Waals surface area contributed by atoms with E-state index in [1.165, 1.54) is 238 Å². The lowest BCUT2D eigenvalue weighted by Gasteiger charge is -2.21. The molecule has 2 unspecified atom stereocenters. The van der Waals surface area contributed by atoms with Gasteiger partial charge in [-0.1, -0.05) is 369 Å². The first-order chi connectivity index (χ1) is 47.5. The van der Waals surface area contributed by atoms with Gasteiger partial charge in [0, 0.05) is 25.7 Å². The number of carbonyl (C=O) groups excluding carboxylic acids is 4. The molecule has 0 saturated heterocycles. The number of ether oxygens (including phenoxy) is 4. The molecule has 0 amide bonds. The number of esters is 4. The third-order valence-corrected chi connectivity index (χ3v) is 20.4. The first kappa shape index (κ1) is 96.1. The molecule has 0 fully saturated rings. The van der Waals surface area contributed by atoms with Crippen LogP contribution in [0.25, 0.3) is 0 Å². The molecule has 0 aromatic heterocycles. The molecule has 0 aromatic rings. The Balaban J connectivity index is 5.11. The number of rotatable bonds is 79. The third kappa shape index (κ3) is 72.4. The molecule has 0 aliphatic heterocycles. The molecule has 582 valence electrons. The van der Waals surface area contributed by atoms with Crippen LogP contribution in [0.5, 0.6) is 0 Å². The van der Waals surface area contributed by atoms with Gasteiger partial charge in [0.1, 0.15) is 19.3 Å². The molecule has 5 atom stereocenters. The van der Waals surface area contributed by atoms with E-state index in [1.54, 1.807) is 0 Å². The number of hydrogen-bond donors (Lipinski definition) is 3. The van der Waals surface area contributed by atoms with Crippen LogP contribution >= 0.6 is 15.6 Å². The number of phosphoric acid groups is 2. The van der Waals surface area contributed by atoms with Crippen LogP contribution in [0, 0.1) is 5.92 Å². The highest BCUT2D eigenvalue weighted by molar-refractivity contribution is 7.47. The molecule has 0 aliphatic rings. The maximum Gasteiger partial charge on any atom is 0.472 e. The first-order valence-corrected chi connectivity index (χ1v) is 44.1. The van der Waals surface area contributed by atoms with Gasteiger partial charge in [0.05, 0.1) is 26.4 Å². The predicted molar refractivity (Wildman–Crippen MR) is 400 cm³/mol. The van der Waals surface area contributed by atoms with Gasteiger partial charge in [-0.25, -0.2) is 9.13 Å². The summed E-state index contributed by atoms with van der Waals surface area (Å²) in [5, 5.41) is 10.6. The highest BCUT2D eigenvalue weighted by atomic mass is 31.2. The largest absolute Gasteiger partial charge is 0.472 e. The van der Waals surface area contributed by atoms with Gasteiger partial charge in [0.25, 0.3) is 0 Å². The van der Waals surface area contributed by atoms with Crippen LogP contribution in [-0.4, -0.2) is 96.7 Å². The lowest BCUT2D eigenvalue weighted by atomic mass is 10.0. The fraction of sp³-hybridized carbons (Fsp3) is 0.949. The topological polar surface area (TPSA) is 237 Å². The second-order valence-electron chi connectivity index (χ2n) is 28.9. The summed E-state index contributed by atoms with van der Waals surface area (Å²) in [4.78, 5) is 72.6. The molecule has 98 heavy (non-hydrogen) atoms. The highest BCUT2D eigenvalue weighted by Gasteiger charge is 2.30. The molecule has 0 aromatic carbocycles. The Morgan fingerprint density at radius 1 is 0.276 bits per heavy atom. The molecule has 17 nitrogen and oxygen atoms in total. The van der Waals surface area contributed by atoms with Crippen molar-refractivity contribution >= 4 is 39.5 Å². The highest BCUT2D eigenvalue weighted by Crippen LogP contribution is 2.45. The van der Waals surface area contributed by atoms with Crippen LogP contribution in [0.4, 0.5) is 0 Å². The number of aliphatic hydroxyl groups is 1. The van der Waals surface area contributed by atoms with Gasteiger partial charge >= 0.3 is 39.5 Å². The van der Waals surface area contributed by atoms with Gasteiger partial charge in [-0.15, -0.1) is 0 Å². The fourth-order valence-corrected chi connectivity index (χ4v) is 13.8. The van der Waals surface area contributed by atoms with Crippen LogP contribution in [0.15, 0.2) is 0 Å². The summed E-state index contributed by atoms with van der Waals surface area (Å²) in [5.41, 5.74) is 0. The summed E-state index contributed by atoms with van der Waals surface area (Å²) in [6, 6.07) is 0. The van der Waals surface area contributed by atoms with E-state index >= 15 is 0 Å². The van der Waals surface area contributed by atoms with Crippen molar-refractivity contribution in [2.45, 2.75) is 438 Å². The number of unbranched alkanes of at least 4 members (excludes halogenated alkanes) is 51. The molecular weight excluding hydrogens is 1280 g/mol. The molecule has 0 heterocycles. The molecule has 3 N–H and O–H groups in total. The van der Waals surface area contributed by atoms with Crippen LogP contribution in [0.2, 0.25) is 0 Å². The Morgan fingerprint density at radius 2 is 0.469 bits per heavy atom. The molecular formula is C79H154O17P2. The maximum atomic E-state index is 13.1. The van der Waals surface area contributed by atoms with Gasteiger partial charge < -0.3 is 33.8 Å². The molecule has 0 bridgehead atoms. The molecule has 0 rings (SSSR count). The summed E-state index contributed by atoms with van der Waals surface area (Å²) in [6.07, 6.45) is 63.0. The number of carbonyl (C=O) groups is 4. The summed E-state index contributed by atoms with van der Waals surface area (Å²) >= 11 is 0. The van der Waals surface area contributed by atoms with Crippen LogP contribution in [0.1, 0.15) is 420 Å². The van der Waals surface area contributed by atoms with E-state index in [2.05, 4.69) is 34.6 Å². The van der Waals surface area contributed by atoms with E-state index < -0.39 is 97.5 Å². The minimum absolute atomic E-state index is 0.108. The van der Waals surface area contributed by atoms with E-state index in [0.717, 1.165) is 102 Å². The SMILES string of the molecule is CCCCCCCCCCCCCCCCCCCCCCCCC(=O)O[C@H](COC(=O)CCCCCCCCCCCCCCCC(C)C)COP(=O)(O)OC[C@@H](O)COP(=O)(O)OC[C@@H](COC(=O)CCCCCCC)OC(=O)CCCCCCCCCCCCCCCCC. The van der Waals surface area contributed by atoms with Crippen molar-refractivity contribution in [2.24, 2.45) is 5.92 Å². The van der Waals surface area contributed by atoms with Crippen molar-refractivity contribution in [3.63, 3.8) is 0 Å². The first-order valence-electron chi connectivity index (χ1n) is 41.1. The maximum absolute atomic E-state index is 13.1. The zero-order chi connectivity index (χ0) is 71.9. The van der Waals surface area contributed by atoms with Gasteiger partial charge in [0.15, 0.2) is 12.2 Å². The van der Waals surface area contributed by atoms with Crippen molar-refractivity contribution in [1.29, 1.82) is 0 Å². The minimum Gasteiger partial charge on any atom is -0.462 e. The molecule has 0 spiro atoms. The minimum atomic E-state index is -4.96. The van der Waals surface area contributed by atoms with Gasteiger partial charge in [0.2, 0.25) is 0 Å². The number of hydrogen-bond acceptors (Lipinski definition) is 15. The number of aliphatic hydroxyl groups excluding tert-OH is 1. The predicted octanol–water partition coefficient (Wildman–Crippen LogP) is 23.6. The van der Waals surface area contributed by atoms with Gasteiger partial charge in [-0.2, -0.15) is 0 Å². The zero-order valence-electron chi connectivity index (χ0n) is 63.9. The van der Waals surface area contributed by atoms with Gasteiger partial charge in [-0.05, 0) is 31.6 Å². The van der Waals surface area contributed by atoms with E-state index in [0.29, 0.717) is 25.7 Å². The standard InChI is InChI=1S/C79H154O17P2/c1-6-9-12-15-17-19-21-23-25-26-27-28-29-30-31-33-37-42-46-50-55-60-65-79(84)96-75(69-90-77(82)63-58-53-48-44-40-38-34-35-39-43-47-52-56-61-72(4)5)71-94-98(87,88)92-67-73(80)66-91-97(85,86)93-70-74(68-89-76(81)62-57-51-14-11-8-3)95-78(83)64-59-54-49-45-41-36-32-24-22-20-18-16-13-10-7-2/h72-75,80H,6-71H2,1-5H3,(H,85,86)(H,87,88)/t73-,74+,75+/m0/s1. The quantitative estimate of drug-likeness (QED) is 0.0222.